The minimum atomic E-state index is -3.62. The van der Waals surface area contributed by atoms with Gasteiger partial charge in [0.15, 0.2) is 5.58 Å². The summed E-state index contributed by atoms with van der Waals surface area (Å²) in [6.45, 7) is 1.77. The van der Waals surface area contributed by atoms with Crippen LogP contribution < -0.4 is 10.5 Å². The van der Waals surface area contributed by atoms with E-state index in [2.05, 4.69) is 4.72 Å². The van der Waals surface area contributed by atoms with Crippen molar-refractivity contribution < 1.29 is 12.8 Å². The van der Waals surface area contributed by atoms with E-state index < -0.39 is 15.8 Å². The van der Waals surface area contributed by atoms with Crippen molar-refractivity contribution in [1.29, 1.82) is 0 Å². The van der Waals surface area contributed by atoms with E-state index in [1.54, 1.807) is 31.5 Å². The molecule has 0 aliphatic rings. The Labute approximate surface area is 124 Å². The topological polar surface area (TPSA) is 81.3 Å². The molecule has 0 amide bonds. The maximum absolute atomic E-state index is 12.2. The summed E-state index contributed by atoms with van der Waals surface area (Å²) in [5.74, 6) is -0.484. The first-order chi connectivity index (χ1) is 9.88. The molecular formula is C13H12N2O4S2. The predicted molar refractivity (Wildman–Crippen MR) is 81.3 cm³/mol. The number of fused-ring (bicyclic) bond motifs is 1. The Morgan fingerprint density at radius 3 is 2.76 bits per heavy atom. The zero-order valence-electron chi connectivity index (χ0n) is 11.3. The molecule has 8 heteroatoms. The number of aryl methyl sites for hydroxylation is 2. The summed E-state index contributed by atoms with van der Waals surface area (Å²) in [5.41, 5.74) is 2.07. The largest absolute Gasteiger partial charge is 0.419 e. The molecule has 6 nitrogen and oxygen atoms in total. The molecule has 0 aliphatic heterocycles. The van der Waals surface area contributed by atoms with Gasteiger partial charge in [0, 0.05) is 13.1 Å². The molecule has 3 aromatic rings. The average molecular weight is 324 g/mol. The van der Waals surface area contributed by atoms with Gasteiger partial charge in [0.2, 0.25) is 0 Å². The molecule has 0 bridgehead atoms. The van der Waals surface area contributed by atoms with E-state index in [1.165, 1.54) is 16.7 Å². The molecule has 1 N–H and O–H groups in total. The summed E-state index contributed by atoms with van der Waals surface area (Å²) in [6, 6.07) is 6.44. The standard InChI is InChI=1S/C13H12N2O4S2/c1-8-6-10-11(19-13(16)15(10)2)7-9(8)14-21(17,18)12-4-3-5-20-12/h3-7,14H,1-2H3. The summed E-state index contributed by atoms with van der Waals surface area (Å²) in [5, 5.41) is 1.70. The van der Waals surface area contributed by atoms with E-state index in [9.17, 15) is 13.2 Å². The van der Waals surface area contributed by atoms with Crippen LogP contribution in [0, 0.1) is 6.92 Å². The highest BCUT2D eigenvalue weighted by Gasteiger charge is 2.18. The predicted octanol–water partition coefficient (Wildman–Crippen LogP) is 2.30. The smallest absolute Gasteiger partial charge is 0.408 e. The molecule has 2 aromatic heterocycles. The Hall–Kier alpha value is -2.06. The minimum absolute atomic E-state index is 0.233. The summed E-state index contributed by atoms with van der Waals surface area (Å²) < 4.78 is 33.7. The van der Waals surface area contributed by atoms with Gasteiger partial charge in [-0.1, -0.05) is 6.07 Å². The van der Waals surface area contributed by atoms with Gasteiger partial charge in [0.05, 0.1) is 11.2 Å². The van der Waals surface area contributed by atoms with Crippen LogP contribution in [-0.2, 0) is 17.1 Å². The number of hydrogen-bond acceptors (Lipinski definition) is 5. The highest BCUT2D eigenvalue weighted by Crippen LogP contribution is 2.26. The first kappa shape index (κ1) is 13.9. The van der Waals surface area contributed by atoms with Crippen molar-refractivity contribution in [2.45, 2.75) is 11.1 Å². The van der Waals surface area contributed by atoms with Crippen molar-refractivity contribution in [3.05, 3.63) is 45.8 Å². The number of hydrogen-bond donors (Lipinski definition) is 1. The van der Waals surface area contributed by atoms with Gasteiger partial charge in [0.25, 0.3) is 10.0 Å². The molecule has 0 saturated carbocycles. The SMILES string of the molecule is Cc1cc2c(cc1NS(=O)(=O)c1cccs1)oc(=O)n2C. The highest BCUT2D eigenvalue weighted by molar-refractivity contribution is 7.94. The summed E-state index contributed by atoms with van der Waals surface area (Å²) in [7, 11) is -2.02. The number of nitrogens with one attached hydrogen (secondary N) is 1. The number of sulfonamides is 1. The van der Waals surface area contributed by atoms with Crippen LogP contribution in [0.2, 0.25) is 0 Å². The van der Waals surface area contributed by atoms with Crippen LogP contribution >= 0.6 is 11.3 Å². The molecular weight excluding hydrogens is 312 g/mol. The number of thiophene rings is 1. The van der Waals surface area contributed by atoms with Crippen LogP contribution in [-0.4, -0.2) is 13.0 Å². The maximum Gasteiger partial charge on any atom is 0.419 e. The fourth-order valence-electron chi connectivity index (χ4n) is 2.00. The van der Waals surface area contributed by atoms with Crippen LogP contribution in [0.3, 0.4) is 0 Å². The van der Waals surface area contributed by atoms with E-state index in [-0.39, 0.29) is 4.21 Å². The molecule has 0 fully saturated rings. The molecule has 2 heterocycles. The monoisotopic (exact) mass is 324 g/mol. The third-order valence-electron chi connectivity index (χ3n) is 3.14. The Morgan fingerprint density at radius 2 is 2.10 bits per heavy atom. The van der Waals surface area contributed by atoms with Crippen molar-refractivity contribution in [1.82, 2.24) is 4.57 Å². The zero-order valence-corrected chi connectivity index (χ0v) is 12.9. The van der Waals surface area contributed by atoms with Crippen LogP contribution in [0.5, 0.6) is 0 Å². The quantitative estimate of drug-likeness (QED) is 0.801. The lowest BCUT2D eigenvalue weighted by molar-refractivity contribution is 0.528. The van der Waals surface area contributed by atoms with Crippen LogP contribution in [0.1, 0.15) is 5.56 Å². The second kappa shape index (κ2) is 4.74. The van der Waals surface area contributed by atoms with Gasteiger partial charge in [-0.2, -0.15) is 0 Å². The lowest BCUT2D eigenvalue weighted by Crippen LogP contribution is -2.12. The number of nitrogens with zero attached hydrogens (tertiary/aromatic N) is 1. The zero-order chi connectivity index (χ0) is 15.2. The summed E-state index contributed by atoms with van der Waals surface area (Å²) in [6.07, 6.45) is 0. The Kier molecular flexibility index (Phi) is 3.14. The van der Waals surface area contributed by atoms with Crippen LogP contribution in [0.15, 0.2) is 43.1 Å². The fraction of sp³-hybridized carbons (Fsp3) is 0.154. The number of aromatic nitrogens is 1. The lowest BCUT2D eigenvalue weighted by atomic mass is 10.2. The van der Waals surface area contributed by atoms with Crippen LogP contribution in [0.4, 0.5) is 5.69 Å². The van der Waals surface area contributed by atoms with E-state index in [0.29, 0.717) is 22.4 Å². The average Bonchev–Trinajstić information content (AvgIpc) is 3.02. The van der Waals surface area contributed by atoms with Crippen molar-refractivity contribution in [2.24, 2.45) is 7.05 Å². The molecule has 110 valence electrons. The van der Waals surface area contributed by atoms with Gasteiger partial charge in [-0.05, 0) is 30.0 Å². The van der Waals surface area contributed by atoms with E-state index in [0.717, 1.165) is 11.3 Å². The molecule has 0 radical (unpaired) electrons. The molecule has 0 atom stereocenters. The first-order valence-electron chi connectivity index (χ1n) is 6.05. The minimum Gasteiger partial charge on any atom is -0.408 e. The molecule has 1 aromatic carbocycles. The summed E-state index contributed by atoms with van der Waals surface area (Å²) in [4.78, 5) is 11.5. The molecule has 0 unspecified atom stereocenters. The van der Waals surface area contributed by atoms with Crippen molar-refractivity contribution in [3.63, 3.8) is 0 Å². The Morgan fingerprint density at radius 1 is 1.33 bits per heavy atom. The van der Waals surface area contributed by atoms with Crippen molar-refractivity contribution in [3.8, 4) is 0 Å². The molecule has 3 rings (SSSR count). The van der Waals surface area contributed by atoms with Gasteiger partial charge in [-0.3, -0.25) is 9.29 Å². The number of anilines is 1. The second-order valence-electron chi connectivity index (χ2n) is 4.60. The second-order valence-corrected chi connectivity index (χ2v) is 7.46. The van der Waals surface area contributed by atoms with Crippen molar-refractivity contribution >= 4 is 38.1 Å². The first-order valence-corrected chi connectivity index (χ1v) is 8.41. The van der Waals surface area contributed by atoms with Gasteiger partial charge >= 0.3 is 5.76 Å². The van der Waals surface area contributed by atoms with Gasteiger partial charge in [0.1, 0.15) is 4.21 Å². The normalized spacial score (nSPS) is 11.9. The van der Waals surface area contributed by atoms with E-state index in [4.69, 9.17) is 4.42 Å². The van der Waals surface area contributed by atoms with Gasteiger partial charge in [-0.25, -0.2) is 13.2 Å². The third kappa shape index (κ3) is 2.36. The number of rotatable bonds is 3. The fourth-order valence-corrected chi connectivity index (χ4v) is 4.11. The molecule has 21 heavy (non-hydrogen) atoms. The highest BCUT2D eigenvalue weighted by atomic mass is 32.2. The molecule has 0 aliphatic carbocycles. The molecule has 0 saturated heterocycles. The van der Waals surface area contributed by atoms with Crippen LogP contribution in [0.25, 0.3) is 11.1 Å². The lowest BCUT2D eigenvalue weighted by Gasteiger charge is -2.09. The number of benzene rings is 1. The Bertz CT molecular complexity index is 966. The van der Waals surface area contributed by atoms with Gasteiger partial charge in [-0.15, -0.1) is 11.3 Å². The maximum atomic E-state index is 12.2. The van der Waals surface area contributed by atoms with Crippen molar-refractivity contribution in [2.75, 3.05) is 4.72 Å². The third-order valence-corrected chi connectivity index (χ3v) is 5.91. The Balaban J connectivity index is 2.09. The molecule has 0 spiro atoms. The van der Waals surface area contributed by atoms with E-state index >= 15 is 0 Å². The summed E-state index contributed by atoms with van der Waals surface area (Å²) >= 11 is 1.14. The van der Waals surface area contributed by atoms with E-state index in [1.807, 2.05) is 0 Å². The number of oxazole rings is 1. The van der Waals surface area contributed by atoms with Gasteiger partial charge < -0.3 is 4.42 Å².